The van der Waals surface area contributed by atoms with Gasteiger partial charge >= 0.3 is 6.03 Å². The maximum absolute atomic E-state index is 13.2. The molecule has 11 nitrogen and oxygen atoms in total. The number of nitrogens with two attached hydrogens (primary N) is 2. The normalized spacial score (nSPS) is 11.7. The van der Waals surface area contributed by atoms with E-state index in [9.17, 15) is 14.4 Å². The molecule has 3 rings (SSSR count). The Kier molecular flexibility index (Phi) is 10.9. The smallest absolute Gasteiger partial charge is 0.312 e. The molecule has 0 aliphatic carbocycles. The molecule has 0 spiro atoms. The highest BCUT2D eigenvalue weighted by Gasteiger charge is 2.21. The van der Waals surface area contributed by atoms with Gasteiger partial charge in [-0.2, -0.15) is 5.10 Å². The van der Waals surface area contributed by atoms with E-state index in [1.165, 1.54) is 23.5 Å². The molecule has 1 atom stereocenters. The van der Waals surface area contributed by atoms with Crippen LogP contribution in [0.4, 0.5) is 16.2 Å². The fourth-order valence-corrected chi connectivity index (χ4v) is 3.80. The molecule has 7 N–H and O–H groups in total. The average molecular weight is 561 g/mol. The Hall–Kier alpha value is -5.00. The average Bonchev–Trinajstić information content (AvgIpc) is 2.94. The summed E-state index contributed by atoms with van der Waals surface area (Å²) in [5.74, 6) is 5.09. The number of nitrogens with zero attached hydrogens (tertiary/aromatic N) is 3. The summed E-state index contributed by atoms with van der Waals surface area (Å²) in [7, 11) is 0. The number of carbonyl (C=O) groups is 3. The van der Waals surface area contributed by atoms with E-state index in [4.69, 9.17) is 23.2 Å². The minimum atomic E-state index is -0.883. The second-order valence-electron chi connectivity index (χ2n) is 8.47. The van der Waals surface area contributed by atoms with Gasteiger partial charge in [-0.3, -0.25) is 14.6 Å². The molecule has 0 aliphatic rings. The van der Waals surface area contributed by atoms with Crippen LogP contribution in [-0.4, -0.2) is 36.9 Å². The summed E-state index contributed by atoms with van der Waals surface area (Å²) in [5, 5.41) is 16.8. The molecule has 206 valence electrons. The molecule has 0 unspecified atom stereocenters. The van der Waals surface area contributed by atoms with Gasteiger partial charge in [0, 0.05) is 42.0 Å². The van der Waals surface area contributed by atoms with Gasteiger partial charge in [0.05, 0.1) is 5.69 Å². The van der Waals surface area contributed by atoms with Gasteiger partial charge in [-0.25, -0.2) is 10.6 Å². The third kappa shape index (κ3) is 9.39. The molecule has 0 heterocycles. The van der Waals surface area contributed by atoms with Crippen molar-refractivity contribution in [2.75, 3.05) is 10.3 Å². The number of carbonyl (C=O) groups excluding carboxylic acids is 3. The lowest BCUT2D eigenvalue weighted by molar-refractivity contribution is -0.123. The number of rotatable bonds is 12. The van der Waals surface area contributed by atoms with E-state index < -0.39 is 23.9 Å². The van der Waals surface area contributed by atoms with Crippen LogP contribution >= 0.6 is 11.6 Å². The third-order valence-corrected chi connectivity index (χ3v) is 5.78. The van der Waals surface area contributed by atoms with Crippen molar-refractivity contribution < 1.29 is 14.4 Å². The quantitative estimate of drug-likeness (QED) is 0.0752. The van der Waals surface area contributed by atoms with Gasteiger partial charge in [-0.05, 0) is 47.5 Å². The van der Waals surface area contributed by atoms with Gasteiger partial charge in [0.15, 0.2) is 0 Å². The SMILES string of the molecule is C=N/N=C\N(N)c1ccc(Cl)cc1/C=C/C(=O)N[C@@H](Cc1ccccc1)C(=O)Nc1ccc(CNC(N)=O)cc1. The zero-order chi connectivity index (χ0) is 28.9. The van der Waals surface area contributed by atoms with Crippen molar-refractivity contribution in [3.8, 4) is 0 Å². The van der Waals surface area contributed by atoms with Crippen molar-refractivity contribution in [1.29, 1.82) is 0 Å². The third-order valence-electron chi connectivity index (χ3n) is 5.54. The molecule has 0 saturated heterocycles. The molecule has 0 aliphatic heterocycles. The van der Waals surface area contributed by atoms with Crippen LogP contribution in [0.5, 0.6) is 0 Å². The van der Waals surface area contributed by atoms with E-state index in [-0.39, 0.29) is 13.0 Å². The molecular weight excluding hydrogens is 532 g/mol. The fourth-order valence-electron chi connectivity index (χ4n) is 3.62. The standard InChI is InChI=1S/C28H29ClN8O3/c1-32-34-18-37(31)25-13-10-22(29)16-21(25)9-14-26(38)36-24(15-19-5-3-2-4-6-19)27(39)35-23-11-7-20(8-12-23)17-33-28(30)40/h2-14,16,18,24H,1,15,17,31H2,(H,35,39)(H,36,38)(H3,30,33,40)/b14-9+,34-18-/t24-/m0/s1. The van der Waals surface area contributed by atoms with Gasteiger partial charge < -0.3 is 21.7 Å². The highest BCUT2D eigenvalue weighted by atomic mass is 35.5. The maximum Gasteiger partial charge on any atom is 0.312 e. The number of halogens is 1. The largest absolute Gasteiger partial charge is 0.352 e. The first-order valence-corrected chi connectivity index (χ1v) is 12.4. The van der Waals surface area contributed by atoms with Gasteiger partial charge in [-0.1, -0.05) is 54.1 Å². The van der Waals surface area contributed by atoms with Gasteiger partial charge in [-0.15, -0.1) is 5.10 Å². The molecule has 3 aromatic carbocycles. The molecule has 0 aromatic heterocycles. The second-order valence-corrected chi connectivity index (χ2v) is 8.91. The number of hydrogen-bond acceptors (Lipinski definition) is 6. The summed E-state index contributed by atoms with van der Waals surface area (Å²) in [6, 6.07) is 19.6. The summed E-state index contributed by atoms with van der Waals surface area (Å²) in [4.78, 5) is 37.1. The predicted molar refractivity (Wildman–Crippen MR) is 159 cm³/mol. The van der Waals surface area contributed by atoms with Crippen LogP contribution in [-0.2, 0) is 22.6 Å². The van der Waals surface area contributed by atoms with Crippen molar-refractivity contribution in [3.63, 3.8) is 0 Å². The van der Waals surface area contributed by atoms with Gasteiger partial charge in [0.2, 0.25) is 11.8 Å². The number of hydrazine groups is 1. The van der Waals surface area contributed by atoms with Crippen LogP contribution in [0.25, 0.3) is 6.08 Å². The fraction of sp³-hybridized carbons (Fsp3) is 0.107. The Bertz CT molecular complexity index is 1390. The van der Waals surface area contributed by atoms with Gasteiger partial charge in [0.25, 0.3) is 0 Å². The Balaban J connectivity index is 1.75. The highest BCUT2D eigenvalue weighted by Crippen LogP contribution is 2.23. The monoisotopic (exact) mass is 560 g/mol. The molecule has 0 bridgehead atoms. The molecule has 3 aromatic rings. The summed E-state index contributed by atoms with van der Waals surface area (Å²) >= 11 is 6.14. The van der Waals surface area contributed by atoms with E-state index in [0.717, 1.165) is 11.1 Å². The Morgan fingerprint density at radius 3 is 2.42 bits per heavy atom. The highest BCUT2D eigenvalue weighted by molar-refractivity contribution is 6.30. The Morgan fingerprint density at radius 2 is 1.75 bits per heavy atom. The first-order chi connectivity index (χ1) is 19.2. The number of anilines is 2. The summed E-state index contributed by atoms with van der Waals surface area (Å²) in [5.41, 5.74) is 8.34. The van der Waals surface area contributed by atoms with E-state index in [0.29, 0.717) is 22.0 Å². The van der Waals surface area contributed by atoms with E-state index in [1.807, 2.05) is 30.3 Å². The number of benzene rings is 3. The minimum absolute atomic E-state index is 0.261. The van der Waals surface area contributed by atoms with Crippen molar-refractivity contribution in [3.05, 3.63) is 101 Å². The van der Waals surface area contributed by atoms with Crippen molar-refractivity contribution in [2.45, 2.75) is 19.0 Å². The summed E-state index contributed by atoms with van der Waals surface area (Å²) in [6.07, 6.45) is 4.34. The zero-order valence-electron chi connectivity index (χ0n) is 21.5. The van der Waals surface area contributed by atoms with E-state index >= 15 is 0 Å². The van der Waals surface area contributed by atoms with Crippen molar-refractivity contribution >= 4 is 60.0 Å². The Labute approximate surface area is 236 Å². The van der Waals surface area contributed by atoms with Crippen molar-refractivity contribution in [1.82, 2.24) is 10.6 Å². The first kappa shape index (κ1) is 29.6. The molecule has 0 fully saturated rings. The van der Waals surface area contributed by atoms with Crippen molar-refractivity contribution in [2.24, 2.45) is 21.8 Å². The number of amides is 4. The van der Waals surface area contributed by atoms with Crippen LogP contribution in [0.2, 0.25) is 5.02 Å². The number of hydrogen-bond donors (Lipinski definition) is 5. The number of urea groups is 1. The molecule has 40 heavy (non-hydrogen) atoms. The lowest BCUT2D eigenvalue weighted by atomic mass is 10.0. The Morgan fingerprint density at radius 1 is 1.02 bits per heavy atom. The summed E-state index contributed by atoms with van der Waals surface area (Å²) in [6.45, 7) is 3.53. The lowest BCUT2D eigenvalue weighted by Crippen LogP contribution is -2.44. The summed E-state index contributed by atoms with van der Waals surface area (Å²) < 4.78 is 0. The van der Waals surface area contributed by atoms with Crippen LogP contribution in [0.1, 0.15) is 16.7 Å². The van der Waals surface area contributed by atoms with Gasteiger partial charge in [0.1, 0.15) is 12.4 Å². The second kappa shape index (κ2) is 14.8. The zero-order valence-corrected chi connectivity index (χ0v) is 22.2. The maximum atomic E-state index is 13.2. The van der Waals surface area contributed by atoms with Crippen LogP contribution in [0.15, 0.2) is 89.1 Å². The first-order valence-electron chi connectivity index (χ1n) is 12.0. The van der Waals surface area contributed by atoms with Crippen LogP contribution < -0.4 is 32.5 Å². The molecular formula is C28H29ClN8O3. The lowest BCUT2D eigenvalue weighted by Gasteiger charge is -2.18. The predicted octanol–water partition coefficient (Wildman–Crippen LogP) is 3.21. The van der Waals surface area contributed by atoms with E-state index in [1.54, 1.807) is 42.5 Å². The van der Waals surface area contributed by atoms with E-state index in [2.05, 4.69) is 32.9 Å². The molecule has 4 amide bonds. The number of nitrogens with one attached hydrogen (secondary N) is 3. The molecule has 0 saturated carbocycles. The van der Waals surface area contributed by atoms with Crippen LogP contribution in [0, 0.1) is 0 Å². The topological polar surface area (TPSA) is 167 Å². The van der Waals surface area contributed by atoms with Crippen LogP contribution in [0.3, 0.4) is 0 Å². The number of primary amides is 1. The molecule has 12 heteroatoms. The minimum Gasteiger partial charge on any atom is -0.352 e. The molecule has 0 radical (unpaired) electrons.